The fourth-order valence-corrected chi connectivity index (χ4v) is 3.80. The Hall–Kier alpha value is -1.92. The monoisotopic (exact) mass is 363 g/mol. The number of pyridine rings is 1. The Balaban J connectivity index is 1.68. The molecule has 24 heavy (non-hydrogen) atoms. The van der Waals surface area contributed by atoms with Crippen LogP contribution in [0.2, 0.25) is 5.02 Å². The summed E-state index contributed by atoms with van der Waals surface area (Å²) < 4.78 is 15.9. The van der Waals surface area contributed by atoms with Gasteiger partial charge in [0, 0.05) is 22.0 Å². The first-order valence-corrected chi connectivity index (χ1v) is 8.92. The Labute approximate surface area is 147 Å². The van der Waals surface area contributed by atoms with Crippen LogP contribution >= 0.6 is 22.9 Å². The van der Waals surface area contributed by atoms with Crippen molar-refractivity contribution in [1.29, 1.82) is 0 Å². The number of aryl methyl sites for hydroxylation is 1. The number of thiophene rings is 1. The Morgan fingerprint density at radius 1 is 1.42 bits per heavy atom. The van der Waals surface area contributed by atoms with Crippen LogP contribution in [0.1, 0.15) is 33.1 Å². The summed E-state index contributed by atoms with van der Waals surface area (Å²) in [6.07, 6.45) is 3.34. The summed E-state index contributed by atoms with van der Waals surface area (Å²) in [6, 6.07) is 7.45. The topological polar surface area (TPSA) is 37.6 Å². The Morgan fingerprint density at radius 3 is 2.88 bits per heavy atom. The largest absolute Gasteiger partial charge is 0.329 e. The van der Waals surface area contributed by atoms with Crippen molar-refractivity contribution in [1.82, 2.24) is 14.3 Å². The molecule has 0 unspecified atom stereocenters. The van der Waals surface area contributed by atoms with E-state index in [-0.39, 0.29) is 17.6 Å². The first-order chi connectivity index (χ1) is 11.5. The molecule has 0 radical (unpaired) electrons. The van der Waals surface area contributed by atoms with Gasteiger partial charge in [0.05, 0.1) is 11.6 Å². The molecule has 0 saturated heterocycles. The van der Waals surface area contributed by atoms with Crippen molar-refractivity contribution >= 4 is 34.5 Å². The number of carbonyl (C=O) groups excluding carboxylic acids is 1. The van der Waals surface area contributed by atoms with Crippen LogP contribution in [0, 0.1) is 12.9 Å². The number of aromatic nitrogens is 2. The average Bonchev–Trinajstić information content (AvgIpc) is 3.24. The van der Waals surface area contributed by atoms with Gasteiger partial charge < -0.3 is 4.90 Å². The lowest BCUT2D eigenvalue weighted by molar-refractivity contribution is 0.0721. The van der Waals surface area contributed by atoms with Crippen molar-refractivity contribution in [3.8, 4) is 0 Å². The zero-order chi connectivity index (χ0) is 16.8. The minimum Gasteiger partial charge on any atom is -0.329 e. The molecule has 4 rings (SSSR count). The van der Waals surface area contributed by atoms with E-state index in [4.69, 9.17) is 11.6 Å². The first kappa shape index (κ1) is 15.6. The molecule has 1 fully saturated rings. The van der Waals surface area contributed by atoms with E-state index in [9.17, 15) is 9.18 Å². The maximum atomic E-state index is 14.6. The maximum absolute atomic E-state index is 14.6. The van der Waals surface area contributed by atoms with E-state index in [0.29, 0.717) is 17.2 Å². The summed E-state index contributed by atoms with van der Waals surface area (Å²) in [7, 11) is 0. The van der Waals surface area contributed by atoms with Gasteiger partial charge in [0.25, 0.3) is 5.91 Å². The van der Waals surface area contributed by atoms with Crippen LogP contribution in [0.5, 0.6) is 0 Å². The van der Waals surface area contributed by atoms with Crippen LogP contribution in [0.4, 0.5) is 4.39 Å². The fraction of sp³-hybridized carbons (Fsp3) is 0.294. The van der Waals surface area contributed by atoms with Crippen LogP contribution in [0.3, 0.4) is 0 Å². The number of hydrogen-bond donors (Lipinski definition) is 0. The van der Waals surface area contributed by atoms with E-state index in [1.54, 1.807) is 28.4 Å². The molecule has 4 nitrogen and oxygen atoms in total. The van der Waals surface area contributed by atoms with E-state index >= 15 is 0 Å². The molecule has 1 aliphatic rings. The van der Waals surface area contributed by atoms with Crippen molar-refractivity contribution in [2.24, 2.45) is 0 Å². The first-order valence-electron chi connectivity index (χ1n) is 7.72. The number of hydrogen-bond acceptors (Lipinski definition) is 3. The van der Waals surface area contributed by atoms with Crippen molar-refractivity contribution in [3.05, 3.63) is 56.9 Å². The molecular formula is C17H15ClFN3OS. The van der Waals surface area contributed by atoms with Gasteiger partial charge in [0.15, 0.2) is 5.69 Å². The highest BCUT2D eigenvalue weighted by Crippen LogP contribution is 2.31. The number of carbonyl (C=O) groups is 1. The predicted octanol–water partition coefficient (Wildman–Crippen LogP) is 4.30. The molecule has 3 aromatic heterocycles. The molecule has 124 valence electrons. The average molecular weight is 364 g/mol. The van der Waals surface area contributed by atoms with Gasteiger partial charge in [0.2, 0.25) is 5.95 Å². The highest BCUT2D eigenvalue weighted by molar-refractivity contribution is 7.11. The third-order valence-electron chi connectivity index (χ3n) is 4.10. The van der Waals surface area contributed by atoms with Gasteiger partial charge in [-0.2, -0.15) is 4.39 Å². The van der Waals surface area contributed by atoms with E-state index in [1.165, 1.54) is 15.5 Å². The standard InChI is InChI=1S/C17H15ClFN3OS/c1-10-2-6-13(24-10)9-21(12-4-5-12)17(23)15-16(19)22-8-11(18)3-7-14(22)20-15/h2-3,6-8,12H,4-5,9H2,1H3. The molecule has 1 saturated carbocycles. The van der Waals surface area contributed by atoms with Crippen LogP contribution in [-0.4, -0.2) is 26.2 Å². The van der Waals surface area contributed by atoms with Crippen molar-refractivity contribution in [2.45, 2.75) is 32.4 Å². The number of amides is 1. The molecule has 0 N–H and O–H groups in total. The van der Waals surface area contributed by atoms with Crippen LogP contribution in [0.25, 0.3) is 5.65 Å². The molecule has 1 aliphatic carbocycles. The summed E-state index contributed by atoms with van der Waals surface area (Å²) in [5, 5.41) is 0.394. The number of imidazole rings is 1. The van der Waals surface area contributed by atoms with Crippen molar-refractivity contribution in [2.75, 3.05) is 0 Å². The van der Waals surface area contributed by atoms with Gasteiger partial charge in [-0.1, -0.05) is 11.6 Å². The number of fused-ring (bicyclic) bond motifs is 1. The molecule has 7 heteroatoms. The number of halogens is 2. The third-order valence-corrected chi connectivity index (χ3v) is 5.31. The molecular weight excluding hydrogens is 349 g/mol. The number of nitrogens with zero attached hydrogens (tertiary/aromatic N) is 3. The van der Waals surface area contributed by atoms with Gasteiger partial charge >= 0.3 is 0 Å². The normalized spacial score (nSPS) is 14.3. The van der Waals surface area contributed by atoms with Crippen LogP contribution in [0.15, 0.2) is 30.5 Å². The Bertz CT molecular complexity index is 931. The minimum absolute atomic E-state index is 0.141. The second kappa shape index (κ2) is 5.86. The van der Waals surface area contributed by atoms with Crippen molar-refractivity contribution in [3.63, 3.8) is 0 Å². The van der Waals surface area contributed by atoms with Crippen molar-refractivity contribution < 1.29 is 9.18 Å². The highest BCUT2D eigenvalue weighted by atomic mass is 35.5. The summed E-state index contributed by atoms with van der Waals surface area (Å²) in [5.74, 6) is -1.02. The van der Waals surface area contributed by atoms with Gasteiger partial charge in [-0.15, -0.1) is 11.3 Å². The Morgan fingerprint density at radius 2 is 2.21 bits per heavy atom. The lowest BCUT2D eigenvalue weighted by Crippen LogP contribution is -2.33. The third kappa shape index (κ3) is 2.80. The zero-order valence-corrected chi connectivity index (χ0v) is 14.6. The number of rotatable bonds is 4. The fourth-order valence-electron chi connectivity index (χ4n) is 2.75. The maximum Gasteiger partial charge on any atom is 0.277 e. The highest BCUT2D eigenvalue weighted by Gasteiger charge is 2.36. The lowest BCUT2D eigenvalue weighted by atomic mass is 10.3. The minimum atomic E-state index is -0.662. The Kier molecular flexibility index (Phi) is 3.81. The van der Waals surface area contributed by atoms with Crippen LogP contribution in [-0.2, 0) is 6.54 Å². The second-order valence-electron chi connectivity index (χ2n) is 6.00. The molecule has 1 amide bonds. The molecule has 0 atom stereocenters. The molecule has 0 bridgehead atoms. The van der Waals surface area contributed by atoms with Gasteiger partial charge in [0.1, 0.15) is 5.65 Å². The molecule has 3 heterocycles. The van der Waals surface area contributed by atoms with E-state index in [1.807, 2.05) is 19.1 Å². The summed E-state index contributed by atoms with van der Waals surface area (Å²) in [4.78, 5) is 21.1. The van der Waals surface area contributed by atoms with E-state index in [2.05, 4.69) is 4.98 Å². The van der Waals surface area contributed by atoms with Gasteiger partial charge in [-0.25, -0.2) is 4.98 Å². The lowest BCUT2D eigenvalue weighted by Gasteiger charge is -2.20. The van der Waals surface area contributed by atoms with Gasteiger partial charge in [-0.05, 0) is 44.0 Å². The molecule has 0 spiro atoms. The van der Waals surface area contributed by atoms with E-state index in [0.717, 1.165) is 17.7 Å². The predicted molar refractivity (Wildman–Crippen MR) is 92.1 cm³/mol. The second-order valence-corrected chi connectivity index (χ2v) is 7.81. The quantitative estimate of drug-likeness (QED) is 0.693. The molecule has 0 aliphatic heterocycles. The molecule has 0 aromatic carbocycles. The SMILES string of the molecule is Cc1ccc(CN(C(=O)c2nc3ccc(Cl)cn3c2F)C2CC2)s1. The smallest absolute Gasteiger partial charge is 0.277 e. The van der Waals surface area contributed by atoms with E-state index < -0.39 is 5.95 Å². The van der Waals surface area contributed by atoms with Gasteiger partial charge in [-0.3, -0.25) is 9.20 Å². The summed E-state index contributed by atoms with van der Waals surface area (Å²) in [5.41, 5.74) is 0.236. The van der Waals surface area contributed by atoms with Crippen LogP contribution < -0.4 is 0 Å². The molecule has 3 aromatic rings. The zero-order valence-electron chi connectivity index (χ0n) is 13.0. The summed E-state index contributed by atoms with van der Waals surface area (Å²) >= 11 is 7.56. The summed E-state index contributed by atoms with van der Waals surface area (Å²) in [6.45, 7) is 2.53.